The third kappa shape index (κ3) is 3.08. The van der Waals surface area contributed by atoms with Crippen molar-refractivity contribution in [3.8, 4) is 0 Å². The summed E-state index contributed by atoms with van der Waals surface area (Å²) in [5.41, 5.74) is 1.85. The summed E-state index contributed by atoms with van der Waals surface area (Å²) >= 11 is 0. The van der Waals surface area contributed by atoms with E-state index in [1.165, 1.54) is 4.31 Å². The maximum Gasteiger partial charge on any atom is 0.304 e. The predicted molar refractivity (Wildman–Crippen MR) is 77.6 cm³/mol. The standard InChI is InChI=1S/C13H21N3O2S/c1-3-16(13-6-4-12(2)5-7-13)19(17,18)15-10-8-14-9-11-15/h4-7,14H,3,8-11H2,1-2H3. The lowest BCUT2D eigenvalue weighted by atomic mass is 10.2. The summed E-state index contributed by atoms with van der Waals surface area (Å²) in [5.74, 6) is 0. The number of hydrogen-bond acceptors (Lipinski definition) is 3. The minimum absolute atomic E-state index is 0.440. The minimum Gasteiger partial charge on any atom is -0.314 e. The van der Waals surface area contributed by atoms with Crippen LogP contribution in [0.4, 0.5) is 5.69 Å². The van der Waals surface area contributed by atoms with Gasteiger partial charge in [-0.1, -0.05) is 17.7 Å². The summed E-state index contributed by atoms with van der Waals surface area (Å²) in [7, 11) is -3.41. The smallest absolute Gasteiger partial charge is 0.304 e. The van der Waals surface area contributed by atoms with Crippen LogP contribution in [0.2, 0.25) is 0 Å². The predicted octanol–water partition coefficient (Wildman–Crippen LogP) is 0.971. The number of nitrogens with zero attached hydrogens (tertiary/aromatic N) is 2. The van der Waals surface area contributed by atoms with Crippen LogP contribution < -0.4 is 9.62 Å². The van der Waals surface area contributed by atoms with Crippen LogP contribution in [0.5, 0.6) is 0 Å². The molecule has 0 radical (unpaired) electrons. The molecule has 19 heavy (non-hydrogen) atoms. The van der Waals surface area contributed by atoms with Crippen molar-refractivity contribution in [3.63, 3.8) is 0 Å². The highest BCUT2D eigenvalue weighted by Crippen LogP contribution is 2.21. The van der Waals surface area contributed by atoms with Crippen molar-refractivity contribution in [2.24, 2.45) is 0 Å². The number of nitrogens with one attached hydrogen (secondary N) is 1. The summed E-state index contributed by atoms with van der Waals surface area (Å²) in [5, 5.41) is 3.17. The first-order valence-electron chi connectivity index (χ1n) is 6.61. The van der Waals surface area contributed by atoms with Gasteiger partial charge in [0.15, 0.2) is 0 Å². The summed E-state index contributed by atoms with van der Waals surface area (Å²) in [6, 6.07) is 7.59. The number of aryl methyl sites for hydroxylation is 1. The lowest BCUT2D eigenvalue weighted by molar-refractivity contribution is 0.359. The van der Waals surface area contributed by atoms with Crippen molar-refractivity contribution in [1.82, 2.24) is 9.62 Å². The minimum atomic E-state index is -3.41. The Bertz CT molecular complexity index is 507. The molecule has 6 heteroatoms. The molecular formula is C13H21N3O2S. The number of rotatable bonds is 4. The molecule has 0 saturated carbocycles. The maximum absolute atomic E-state index is 12.6. The van der Waals surface area contributed by atoms with Crippen LogP contribution in [0.1, 0.15) is 12.5 Å². The largest absolute Gasteiger partial charge is 0.314 e. The second kappa shape index (κ2) is 5.90. The normalized spacial score (nSPS) is 17.4. The van der Waals surface area contributed by atoms with E-state index in [1.807, 2.05) is 38.1 Å². The van der Waals surface area contributed by atoms with Crippen molar-refractivity contribution >= 4 is 15.9 Å². The monoisotopic (exact) mass is 283 g/mol. The molecule has 2 rings (SSSR count). The highest BCUT2D eigenvalue weighted by Gasteiger charge is 2.29. The average Bonchev–Trinajstić information content (AvgIpc) is 2.42. The van der Waals surface area contributed by atoms with Crippen molar-refractivity contribution in [1.29, 1.82) is 0 Å². The highest BCUT2D eigenvalue weighted by atomic mass is 32.2. The molecule has 0 aromatic heterocycles. The van der Waals surface area contributed by atoms with Crippen LogP contribution in [0.3, 0.4) is 0 Å². The fraction of sp³-hybridized carbons (Fsp3) is 0.538. The Morgan fingerprint density at radius 2 is 1.79 bits per heavy atom. The van der Waals surface area contributed by atoms with E-state index in [4.69, 9.17) is 0 Å². The van der Waals surface area contributed by atoms with Crippen LogP contribution in [0, 0.1) is 6.92 Å². The molecule has 1 aliphatic rings. The van der Waals surface area contributed by atoms with Gasteiger partial charge in [0.05, 0.1) is 5.69 Å². The lowest BCUT2D eigenvalue weighted by Crippen LogP contribution is -2.51. The Kier molecular flexibility index (Phi) is 4.44. The molecule has 1 saturated heterocycles. The van der Waals surface area contributed by atoms with E-state index in [9.17, 15) is 8.42 Å². The Hall–Kier alpha value is -1.11. The van der Waals surface area contributed by atoms with E-state index in [2.05, 4.69) is 5.32 Å². The van der Waals surface area contributed by atoms with Crippen LogP contribution in [0.15, 0.2) is 24.3 Å². The van der Waals surface area contributed by atoms with Gasteiger partial charge in [0.25, 0.3) is 0 Å². The molecule has 0 amide bonds. The van der Waals surface area contributed by atoms with E-state index >= 15 is 0 Å². The summed E-state index contributed by atoms with van der Waals surface area (Å²) in [6.07, 6.45) is 0. The van der Waals surface area contributed by atoms with Gasteiger partial charge in [0, 0.05) is 32.7 Å². The van der Waals surface area contributed by atoms with Gasteiger partial charge in [-0.3, -0.25) is 4.31 Å². The van der Waals surface area contributed by atoms with E-state index in [1.54, 1.807) is 4.31 Å². The average molecular weight is 283 g/mol. The van der Waals surface area contributed by atoms with Gasteiger partial charge in [-0.25, -0.2) is 0 Å². The molecule has 1 aromatic rings. The van der Waals surface area contributed by atoms with E-state index < -0.39 is 10.2 Å². The summed E-state index contributed by atoms with van der Waals surface area (Å²) < 4.78 is 28.3. The van der Waals surface area contributed by atoms with Gasteiger partial charge in [-0.15, -0.1) is 0 Å². The number of anilines is 1. The van der Waals surface area contributed by atoms with E-state index in [-0.39, 0.29) is 0 Å². The molecule has 5 nitrogen and oxygen atoms in total. The fourth-order valence-corrected chi connectivity index (χ4v) is 3.84. The molecule has 1 heterocycles. The Balaban J connectivity index is 2.27. The molecular weight excluding hydrogens is 262 g/mol. The number of hydrogen-bond donors (Lipinski definition) is 1. The zero-order valence-electron chi connectivity index (χ0n) is 11.5. The van der Waals surface area contributed by atoms with Crippen LogP contribution in [-0.4, -0.2) is 45.4 Å². The molecule has 106 valence electrons. The van der Waals surface area contributed by atoms with E-state index in [0.29, 0.717) is 32.7 Å². The van der Waals surface area contributed by atoms with Gasteiger partial charge >= 0.3 is 10.2 Å². The number of benzene rings is 1. The van der Waals surface area contributed by atoms with Crippen LogP contribution >= 0.6 is 0 Å². The second-order valence-corrected chi connectivity index (χ2v) is 6.51. The van der Waals surface area contributed by atoms with Gasteiger partial charge in [-0.2, -0.15) is 12.7 Å². The first-order valence-corrected chi connectivity index (χ1v) is 8.00. The first-order chi connectivity index (χ1) is 9.05. The second-order valence-electron chi connectivity index (χ2n) is 4.66. The third-order valence-corrected chi connectivity index (χ3v) is 5.33. The van der Waals surface area contributed by atoms with Crippen LogP contribution in [-0.2, 0) is 10.2 Å². The van der Waals surface area contributed by atoms with Crippen molar-refractivity contribution < 1.29 is 8.42 Å². The molecule has 1 aliphatic heterocycles. The molecule has 0 aliphatic carbocycles. The maximum atomic E-state index is 12.6. The molecule has 0 bridgehead atoms. The van der Waals surface area contributed by atoms with Gasteiger partial charge < -0.3 is 5.32 Å². The van der Waals surface area contributed by atoms with Crippen LogP contribution in [0.25, 0.3) is 0 Å². The zero-order chi connectivity index (χ0) is 13.9. The SMILES string of the molecule is CCN(c1ccc(C)cc1)S(=O)(=O)N1CCNCC1. The fourth-order valence-electron chi connectivity index (χ4n) is 2.20. The molecule has 0 atom stereocenters. The molecule has 0 unspecified atom stereocenters. The Labute approximate surface area is 115 Å². The van der Waals surface area contributed by atoms with Gasteiger partial charge in [0.2, 0.25) is 0 Å². The molecule has 1 fully saturated rings. The molecule has 1 aromatic carbocycles. The first kappa shape index (κ1) is 14.3. The topological polar surface area (TPSA) is 52.7 Å². The Morgan fingerprint density at radius 1 is 1.21 bits per heavy atom. The van der Waals surface area contributed by atoms with Crippen molar-refractivity contribution in [2.75, 3.05) is 37.0 Å². The highest BCUT2D eigenvalue weighted by molar-refractivity contribution is 7.90. The van der Waals surface area contributed by atoms with Gasteiger partial charge in [0.1, 0.15) is 0 Å². The summed E-state index contributed by atoms with van der Waals surface area (Å²) in [6.45, 7) is 6.78. The third-order valence-electron chi connectivity index (χ3n) is 3.29. The lowest BCUT2D eigenvalue weighted by Gasteiger charge is -2.33. The van der Waals surface area contributed by atoms with Gasteiger partial charge in [-0.05, 0) is 26.0 Å². The van der Waals surface area contributed by atoms with Crippen molar-refractivity contribution in [3.05, 3.63) is 29.8 Å². The summed E-state index contributed by atoms with van der Waals surface area (Å²) in [4.78, 5) is 0. The zero-order valence-corrected chi connectivity index (χ0v) is 12.3. The molecule has 0 spiro atoms. The quantitative estimate of drug-likeness (QED) is 0.896. The molecule has 1 N–H and O–H groups in total. The number of piperazine rings is 1. The Morgan fingerprint density at radius 3 is 2.32 bits per heavy atom. The van der Waals surface area contributed by atoms with Crippen molar-refractivity contribution in [2.45, 2.75) is 13.8 Å². The van der Waals surface area contributed by atoms with E-state index in [0.717, 1.165) is 11.3 Å².